The van der Waals surface area contributed by atoms with Crippen molar-refractivity contribution in [3.8, 4) is 0 Å². The summed E-state index contributed by atoms with van der Waals surface area (Å²) in [4.78, 5) is 13.8. The number of aromatic nitrogens is 1. The molecule has 108 valence electrons. The fourth-order valence-corrected chi connectivity index (χ4v) is 3.25. The van der Waals surface area contributed by atoms with E-state index in [1.165, 1.54) is 38.5 Å². The number of aromatic amines is 1. The summed E-state index contributed by atoms with van der Waals surface area (Å²) in [6, 6.07) is 5.77. The van der Waals surface area contributed by atoms with Crippen LogP contribution in [-0.2, 0) is 0 Å². The summed E-state index contributed by atoms with van der Waals surface area (Å²) in [5.74, 6) is 0.441. The van der Waals surface area contributed by atoms with Crippen LogP contribution in [0.5, 0.6) is 0 Å². The second-order valence-corrected chi connectivity index (χ2v) is 5.96. The van der Waals surface area contributed by atoms with E-state index in [4.69, 9.17) is 10.2 Å². The zero-order valence-electron chi connectivity index (χ0n) is 11.7. The minimum Gasteiger partial charge on any atom is -0.408 e. The highest BCUT2D eigenvalue weighted by Gasteiger charge is 2.16. The van der Waals surface area contributed by atoms with Crippen LogP contribution in [0.4, 0.5) is 0 Å². The van der Waals surface area contributed by atoms with E-state index in [9.17, 15) is 4.79 Å². The Morgan fingerprint density at radius 1 is 1.30 bits per heavy atom. The van der Waals surface area contributed by atoms with E-state index >= 15 is 0 Å². The van der Waals surface area contributed by atoms with Crippen LogP contribution in [-0.4, -0.2) is 4.98 Å². The Kier molecular flexibility index (Phi) is 3.92. The quantitative estimate of drug-likeness (QED) is 0.896. The van der Waals surface area contributed by atoms with Crippen LogP contribution in [0, 0.1) is 5.92 Å². The minimum absolute atomic E-state index is 0.0292. The van der Waals surface area contributed by atoms with Crippen molar-refractivity contribution >= 4 is 11.1 Å². The Morgan fingerprint density at radius 3 is 2.90 bits per heavy atom. The molecule has 1 atom stereocenters. The number of H-pyrrole nitrogens is 1. The molecule has 1 unspecified atom stereocenters. The number of benzene rings is 1. The molecule has 0 bridgehead atoms. The van der Waals surface area contributed by atoms with E-state index in [1.807, 2.05) is 18.2 Å². The maximum Gasteiger partial charge on any atom is 0.417 e. The molecule has 2 aromatic rings. The summed E-state index contributed by atoms with van der Waals surface area (Å²) >= 11 is 0. The van der Waals surface area contributed by atoms with Crippen molar-refractivity contribution in [2.24, 2.45) is 11.7 Å². The third-order valence-corrected chi connectivity index (χ3v) is 4.48. The van der Waals surface area contributed by atoms with Crippen LogP contribution in [0.2, 0.25) is 0 Å². The lowest BCUT2D eigenvalue weighted by atomic mass is 9.84. The van der Waals surface area contributed by atoms with Gasteiger partial charge in [0.2, 0.25) is 0 Å². The first-order valence-corrected chi connectivity index (χ1v) is 7.61. The average Bonchev–Trinajstić information content (AvgIpc) is 2.85. The summed E-state index contributed by atoms with van der Waals surface area (Å²) < 4.78 is 5.09. The SMILES string of the molecule is NC(CCC1CCCCC1)c1ccc2[nH]c(=O)oc2c1. The van der Waals surface area contributed by atoms with Gasteiger partial charge in [-0.15, -0.1) is 0 Å². The zero-order valence-corrected chi connectivity index (χ0v) is 11.7. The van der Waals surface area contributed by atoms with E-state index in [-0.39, 0.29) is 6.04 Å². The van der Waals surface area contributed by atoms with Crippen molar-refractivity contribution in [3.05, 3.63) is 34.3 Å². The van der Waals surface area contributed by atoms with Crippen molar-refractivity contribution in [2.45, 2.75) is 51.0 Å². The van der Waals surface area contributed by atoms with Gasteiger partial charge in [-0.3, -0.25) is 4.98 Å². The van der Waals surface area contributed by atoms with Crippen molar-refractivity contribution in [1.29, 1.82) is 0 Å². The topological polar surface area (TPSA) is 72.0 Å². The summed E-state index contributed by atoms with van der Waals surface area (Å²) in [7, 11) is 0. The van der Waals surface area contributed by atoms with Crippen LogP contribution < -0.4 is 11.5 Å². The van der Waals surface area contributed by atoms with Crippen LogP contribution >= 0.6 is 0 Å². The predicted molar refractivity (Wildman–Crippen MR) is 79.6 cm³/mol. The van der Waals surface area contributed by atoms with Gasteiger partial charge >= 0.3 is 5.76 Å². The molecule has 1 aromatic carbocycles. The minimum atomic E-state index is -0.409. The largest absolute Gasteiger partial charge is 0.417 e. The Hall–Kier alpha value is -1.55. The molecule has 0 spiro atoms. The summed E-state index contributed by atoms with van der Waals surface area (Å²) in [5.41, 5.74) is 8.66. The maximum absolute atomic E-state index is 11.1. The van der Waals surface area contributed by atoms with Crippen LogP contribution in [0.3, 0.4) is 0 Å². The number of hydrogen-bond acceptors (Lipinski definition) is 3. The van der Waals surface area contributed by atoms with Gasteiger partial charge in [0.05, 0.1) is 5.52 Å². The Labute approximate surface area is 118 Å². The summed E-state index contributed by atoms with van der Waals surface area (Å²) in [6.45, 7) is 0. The Morgan fingerprint density at radius 2 is 2.10 bits per heavy atom. The molecule has 3 N–H and O–H groups in total. The van der Waals surface area contributed by atoms with Crippen LogP contribution in [0.25, 0.3) is 11.1 Å². The molecule has 0 radical (unpaired) electrons. The van der Waals surface area contributed by atoms with E-state index < -0.39 is 5.76 Å². The van der Waals surface area contributed by atoms with Gasteiger partial charge < -0.3 is 10.2 Å². The van der Waals surface area contributed by atoms with Crippen LogP contribution in [0.1, 0.15) is 56.6 Å². The van der Waals surface area contributed by atoms with Crippen LogP contribution in [0.15, 0.2) is 27.4 Å². The molecule has 4 heteroatoms. The smallest absolute Gasteiger partial charge is 0.408 e. The van der Waals surface area contributed by atoms with Gasteiger partial charge in [0.15, 0.2) is 5.58 Å². The monoisotopic (exact) mass is 274 g/mol. The average molecular weight is 274 g/mol. The lowest BCUT2D eigenvalue weighted by molar-refractivity contribution is 0.324. The number of rotatable bonds is 4. The van der Waals surface area contributed by atoms with Crippen molar-refractivity contribution < 1.29 is 4.42 Å². The van der Waals surface area contributed by atoms with Gasteiger partial charge in [0.25, 0.3) is 0 Å². The van der Waals surface area contributed by atoms with Gasteiger partial charge in [-0.2, -0.15) is 0 Å². The van der Waals surface area contributed by atoms with Gasteiger partial charge in [-0.1, -0.05) is 38.2 Å². The predicted octanol–water partition coefficient (Wildman–Crippen LogP) is 3.48. The van der Waals surface area contributed by atoms with Gasteiger partial charge in [0, 0.05) is 6.04 Å². The van der Waals surface area contributed by atoms with E-state index in [1.54, 1.807) is 0 Å². The number of nitrogens with one attached hydrogen (secondary N) is 1. The Bertz CT molecular complexity index is 623. The molecule has 1 aromatic heterocycles. The summed E-state index contributed by atoms with van der Waals surface area (Å²) in [5, 5.41) is 0. The molecule has 1 heterocycles. The molecular weight excluding hydrogens is 252 g/mol. The molecule has 1 aliphatic carbocycles. The molecule has 1 aliphatic rings. The molecule has 0 saturated heterocycles. The molecular formula is C16H22N2O2. The molecule has 20 heavy (non-hydrogen) atoms. The molecule has 1 saturated carbocycles. The van der Waals surface area contributed by atoms with Gasteiger partial charge in [0.1, 0.15) is 0 Å². The Balaban J connectivity index is 1.65. The molecule has 4 nitrogen and oxygen atoms in total. The van der Waals surface area contributed by atoms with Crippen molar-refractivity contribution in [2.75, 3.05) is 0 Å². The number of oxazole rings is 1. The molecule has 3 rings (SSSR count). The highest BCUT2D eigenvalue weighted by Crippen LogP contribution is 2.30. The van der Waals surface area contributed by atoms with Crippen molar-refractivity contribution in [1.82, 2.24) is 4.98 Å². The second-order valence-electron chi connectivity index (χ2n) is 5.96. The normalized spacial score (nSPS) is 18.4. The standard InChI is InChI=1S/C16H22N2O2/c17-13(8-6-11-4-2-1-3-5-11)12-7-9-14-15(10-12)20-16(19)18-14/h7,9-11,13H,1-6,8,17H2,(H,18,19). The first-order valence-electron chi connectivity index (χ1n) is 7.61. The lowest BCUT2D eigenvalue weighted by Crippen LogP contribution is -2.14. The zero-order chi connectivity index (χ0) is 13.9. The maximum atomic E-state index is 11.1. The first-order chi connectivity index (χ1) is 9.72. The summed E-state index contributed by atoms with van der Waals surface area (Å²) in [6.07, 6.45) is 9.07. The van der Waals surface area contributed by atoms with Gasteiger partial charge in [-0.25, -0.2) is 4.79 Å². The lowest BCUT2D eigenvalue weighted by Gasteiger charge is -2.23. The fourth-order valence-electron chi connectivity index (χ4n) is 3.25. The molecule has 1 fully saturated rings. The third kappa shape index (κ3) is 2.96. The molecule has 0 aliphatic heterocycles. The fraction of sp³-hybridized carbons (Fsp3) is 0.562. The third-order valence-electron chi connectivity index (χ3n) is 4.48. The number of fused-ring (bicyclic) bond motifs is 1. The van der Waals surface area contributed by atoms with E-state index in [2.05, 4.69) is 4.98 Å². The first kappa shape index (κ1) is 13.4. The van der Waals surface area contributed by atoms with E-state index in [0.29, 0.717) is 5.58 Å². The second kappa shape index (κ2) is 5.83. The molecule has 0 amide bonds. The highest BCUT2D eigenvalue weighted by molar-refractivity contribution is 5.72. The highest BCUT2D eigenvalue weighted by atomic mass is 16.4. The van der Waals surface area contributed by atoms with Crippen molar-refractivity contribution in [3.63, 3.8) is 0 Å². The number of nitrogens with two attached hydrogens (primary N) is 1. The van der Waals surface area contributed by atoms with Gasteiger partial charge in [-0.05, 0) is 36.5 Å². The van der Waals surface area contributed by atoms with E-state index in [0.717, 1.165) is 23.4 Å². The number of hydrogen-bond donors (Lipinski definition) is 2.